The van der Waals surface area contributed by atoms with Gasteiger partial charge < -0.3 is 21.7 Å². The molecule has 4 heteroatoms. The van der Waals surface area contributed by atoms with Crippen LogP contribution in [0, 0.1) is 0 Å². The first-order valence-corrected chi connectivity index (χ1v) is 4.06. The van der Waals surface area contributed by atoms with Crippen molar-refractivity contribution in [3.8, 4) is 5.75 Å². The van der Waals surface area contributed by atoms with Crippen molar-refractivity contribution in [3.63, 3.8) is 0 Å². The summed E-state index contributed by atoms with van der Waals surface area (Å²) in [6.07, 6.45) is -0.717. The molecule has 1 unspecified atom stereocenters. The minimum Gasteiger partial charge on any atom is -0.508 e. The van der Waals surface area contributed by atoms with Gasteiger partial charge in [0, 0.05) is 23.4 Å². The van der Waals surface area contributed by atoms with E-state index in [-0.39, 0.29) is 12.3 Å². The first kappa shape index (κ1) is 9.83. The van der Waals surface area contributed by atoms with Gasteiger partial charge in [0.15, 0.2) is 0 Å². The van der Waals surface area contributed by atoms with Gasteiger partial charge in [0.1, 0.15) is 5.75 Å². The molecule has 0 aliphatic heterocycles. The van der Waals surface area contributed by atoms with E-state index < -0.39 is 6.10 Å². The Morgan fingerprint density at radius 1 is 1.46 bits per heavy atom. The Bertz CT molecular complexity index is 311. The van der Waals surface area contributed by atoms with Crippen LogP contribution in [0.3, 0.4) is 0 Å². The van der Waals surface area contributed by atoms with Gasteiger partial charge in [-0.05, 0) is 19.1 Å². The molecule has 0 amide bonds. The zero-order valence-corrected chi connectivity index (χ0v) is 7.49. The summed E-state index contributed by atoms with van der Waals surface area (Å²) in [7, 11) is 0. The molecule has 0 aliphatic carbocycles. The van der Waals surface area contributed by atoms with Gasteiger partial charge in [-0.1, -0.05) is 0 Å². The van der Waals surface area contributed by atoms with Crippen LogP contribution < -0.4 is 11.5 Å². The van der Waals surface area contributed by atoms with E-state index in [1.54, 1.807) is 13.0 Å². The first-order chi connectivity index (χ1) is 6.07. The van der Waals surface area contributed by atoms with E-state index in [1.807, 2.05) is 0 Å². The second kappa shape index (κ2) is 3.64. The van der Waals surface area contributed by atoms with Crippen molar-refractivity contribution in [1.29, 1.82) is 0 Å². The van der Waals surface area contributed by atoms with Crippen LogP contribution >= 0.6 is 0 Å². The Balaban J connectivity index is 3.35. The van der Waals surface area contributed by atoms with Crippen LogP contribution in [-0.4, -0.2) is 10.2 Å². The van der Waals surface area contributed by atoms with Crippen LogP contribution in [0.25, 0.3) is 0 Å². The fraction of sp³-hybridized carbons (Fsp3) is 0.333. The van der Waals surface area contributed by atoms with Gasteiger partial charge in [-0.3, -0.25) is 0 Å². The molecule has 72 valence electrons. The Hall–Kier alpha value is -1.26. The van der Waals surface area contributed by atoms with Gasteiger partial charge in [-0.25, -0.2) is 0 Å². The van der Waals surface area contributed by atoms with E-state index in [2.05, 4.69) is 0 Å². The Morgan fingerprint density at radius 2 is 2.08 bits per heavy atom. The number of phenols is 1. The second-order valence-electron chi connectivity index (χ2n) is 2.95. The first-order valence-electron chi connectivity index (χ1n) is 4.06. The number of aromatic hydroxyl groups is 1. The van der Waals surface area contributed by atoms with Crippen molar-refractivity contribution in [2.75, 3.05) is 5.73 Å². The summed E-state index contributed by atoms with van der Waals surface area (Å²) in [5.74, 6) is 0.0765. The second-order valence-corrected chi connectivity index (χ2v) is 2.95. The highest BCUT2D eigenvalue weighted by Gasteiger charge is 2.13. The van der Waals surface area contributed by atoms with Crippen molar-refractivity contribution in [2.45, 2.75) is 19.6 Å². The summed E-state index contributed by atoms with van der Waals surface area (Å²) in [5, 5.41) is 18.8. The summed E-state index contributed by atoms with van der Waals surface area (Å²) in [4.78, 5) is 0. The average Bonchev–Trinajstić information content (AvgIpc) is 2.07. The summed E-state index contributed by atoms with van der Waals surface area (Å²) in [6.45, 7) is 1.75. The number of benzene rings is 1. The van der Waals surface area contributed by atoms with Gasteiger partial charge in [0.05, 0.1) is 6.10 Å². The van der Waals surface area contributed by atoms with Gasteiger partial charge in [0.2, 0.25) is 0 Å². The van der Waals surface area contributed by atoms with E-state index in [4.69, 9.17) is 11.5 Å². The van der Waals surface area contributed by atoms with Crippen molar-refractivity contribution in [3.05, 3.63) is 23.3 Å². The molecule has 0 radical (unpaired) electrons. The van der Waals surface area contributed by atoms with E-state index in [9.17, 15) is 10.2 Å². The number of anilines is 1. The zero-order valence-electron chi connectivity index (χ0n) is 7.49. The molecule has 0 saturated heterocycles. The maximum absolute atomic E-state index is 9.42. The Morgan fingerprint density at radius 3 is 2.46 bits per heavy atom. The van der Waals surface area contributed by atoms with Crippen LogP contribution in [0.15, 0.2) is 12.1 Å². The fourth-order valence-corrected chi connectivity index (χ4v) is 1.38. The van der Waals surface area contributed by atoms with Gasteiger partial charge >= 0.3 is 0 Å². The van der Waals surface area contributed by atoms with Crippen LogP contribution in [0.2, 0.25) is 0 Å². The molecule has 1 aromatic rings. The summed E-state index contributed by atoms with van der Waals surface area (Å²) >= 11 is 0. The third-order valence-electron chi connectivity index (χ3n) is 1.99. The topological polar surface area (TPSA) is 92.5 Å². The molecule has 4 nitrogen and oxygen atoms in total. The van der Waals surface area contributed by atoms with Crippen molar-refractivity contribution in [2.24, 2.45) is 5.73 Å². The quantitative estimate of drug-likeness (QED) is 0.395. The molecule has 0 bridgehead atoms. The van der Waals surface area contributed by atoms with Crippen molar-refractivity contribution in [1.82, 2.24) is 0 Å². The highest BCUT2D eigenvalue weighted by atomic mass is 16.3. The van der Waals surface area contributed by atoms with Crippen molar-refractivity contribution < 1.29 is 10.2 Å². The monoisotopic (exact) mass is 182 g/mol. The molecule has 6 N–H and O–H groups in total. The molecule has 0 aliphatic rings. The molecule has 1 atom stereocenters. The normalized spacial score (nSPS) is 12.8. The number of aliphatic hydroxyl groups excluding tert-OH is 1. The Kier molecular flexibility index (Phi) is 2.75. The SMILES string of the molecule is CC(O)c1c(N)ccc(O)c1CN. The largest absolute Gasteiger partial charge is 0.508 e. The number of nitrogen functional groups attached to an aromatic ring is 1. The molecule has 13 heavy (non-hydrogen) atoms. The summed E-state index contributed by atoms with van der Waals surface area (Å²) in [6, 6.07) is 3.03. The maximum atomic E-state index is 9.42. The fourth-order valence-electron chi connectivity index (χ4n) is 1.38. The number of hydrogen-bond acceptors (Lipinski definition) is 4. The summed E-state index contributed by atoms with van der Waals surface area (Å²) < 4.78 is 0. The molecular weight excluding hydrogens is 168 g/mol. The number of nitrogens with two attached hydrogens (primary N) is 2. The maximum Gasteiger partial charge on any atom is 0.120 e. The molecular formula is C9H14N2O2. The summed E-state index contributed by atoms with van der Waals surface area (Å²) in [5.41, 5.74) is 12.5. The number of rotatable bonds is 2. The average molecular weight is 182 g/mol. The number of phenolic OH excluding ortho intramolecular Hbond substituents is 1. The highest BCUT2D eigenvalue weighted by Crippen LogP contribution is 2.30. The third kappa shape index (κ3) is 1.74. The Labute approximate surface area is 76.8 Å². The highest BCUT2D eigenvalue weighted by molar-refractivity contribution is 5.56. The molecule has 1 rings (SSSR count). The molecule has 0 spiro atoms. The molecule has 0 fully saturated rings. The molecule has 0 heterocycles. The lowest BCUT2D eigenvalue weighted by Crippen LogP contribution is -2.07. The van der Waals surface area contributed by atoms with Gasteiger partial charge in [0.25, 0.3) is 0 Å². The van der Waals surface area contributed by atoms with E-state index in [0.29, 0.717) is 16.8 Å². The standard InChI is InChI=1S/C9H14N2O2/c1-5(12)9-6(4-10)8(13)3-2-7(9)11/h2-3,5,12-13H,4,10-11H2,1H3. The smallest absolute Gasteiger partial charge is 0.120 e. The van der Waals surface area contributed by atoms with Gasteiger partial charge in [-0.2, -0.15) is 0 Å². The van der Waals surface area contributed by atoms with Crippen molar-refractivity contribution >= 4 is 5.69 Å². The molecule has 0 aromatic heterocycles. The van der Waals surface area contributed by atoms with Crippen LogP contribution in [-0.2, 0) is 6.54 Å². The number of hydrogen-bond donors (Lipinski definition) is 4. The lowest BCUT2D eigenvalue weighted by Gasteiger charge is -2.14. The van der Waals surface area contributed by atoms with Crippen LogP contribution in [0.1, 0.15) is 24.2 Å². The number of aliphatic hydroxyl groups is 1. The van der Waals surface area contributed by atoms with E-state index in [1.165, 1.54) is 6.07 Å². The third-order valence-corrected chi connectivity index (χ3v) is 1.99. The minimum absolute atomic E-state index is 0.0765. The van der Waals surface area contributed by atoms with Crippen LogP contribution in [0.4, 0.5) is 5.69 Å². The predicted octanol–water partition coefficient (Wildman–Crippen LogP) is 0.486. The molecule has 0 saturated carbocycles. The van der Waals surface area contributed by atoms with Crippen LogP contribution in [0.5, 0.6) is 5.75 Å². The zero-order chi connectivity index (χ0) is 10.0. The molecule has 1 aromatic carbocycles. The lowest BCUT2D eigenvalue weighted by atomic mass is 10.0. The van der Waals surface area contributed by atoms with Gasteiger partial charge in [-0.15, -0.1) is 0 Å². The van der Waals surface area contributed by atoms with E-state index in [0.717, 1.165) is 0 Å². The lowest BCUT2D eigenvalue weighted by molar-refractivity contribution is 0.198. The predicted molar refractivity (Wildman–Crippen MR) is 51.0 cm³/mol. The van der Waals surface area contributed by atoms with E-state index >= 15 is 0 Å². The minimum atomic E-state index is -0.717.